The van der Waals surface area contributed by atoms with E-state index in [1.165, 1.54) is 14.2 Å². The molecule has 2 aromatic carbocycles. The smallest absolute Gasteiger partial charge is 0.329 e. The summed E-state index contributed by atoms with van der Waals surface area (Å²) in [6, 6.07) is 13.9. The minimum atomic E-state index is -0.902. The molecule has 0 spiro atoms. The number of nitrogens with zero attached hydrogens (tertiary/aromatic N) is 2. The second-order valence-electron chi connectivity index (χ2n) is 5.69. The van der Waals surface area contributed by atoms with Gasteiger partial charge in [0.25, 0.3) is 0 Å². The standard InChI is InChI=1S/C20H20N4O4/c1-13(15-6-9-17(27-2)18(12-15)28-3)23-24-20(26)19(25)22-16-7-4-14(5-8-16)10-11-21/h4-9,12H,10H2,1-3H3,(H,22,25)(H,24,26)/b23-13+. The number of anilines is 1. The van der Waals surface area contributed by atoms with E-state index in [9.17, 15) is 9.59 Å². The molecule has 144 valence electrons. The fraction of sp³-hybridized carbons (Fsp3) is 0.200. The first-order valence-electron chi connectivity index (χ1n) is 8.32. The number of nitriles is 1. The summed E-state index contributed by atoms with van der Waals surface area (Å²) in [6.07, 6.45) is 0.277. The highest BCUT2D eigenvalue weighted by atomic mass is 16.5. The second-order valence-corrected chi connectivity index (χ2v) is 5.69. The third-order valence-electron chi connectivity index (χ3n) is 3.83. The lowest BCUT2D eigenvalue weighted by Crippen LogP contribution is -2.32. The fourth-order valence-electron chi connectivity index (χ4n) is 2.30. The maximum absolute atomic E-state index is 12.0. The molecule has 0 heterocycles. The van der Waals surface area contributed by atoms with Crippen molar-refractivity contribution in [3.8, 4) is 17.6 Å². The summed E-state index contributed by atoms with van der Waals surface area (Å²) in [5.41, 5.74) is 4.68. The van der Waals surface area contributed by atoms with Gasteiger partial charge in [-0.25, -0.2) is 5.43 Å². The van der Waals surface area contributed by atoms with Crippen LogP contribution >= 0.6 is 0 Å². The van der Waals surface area contributed by atoms with E-state index < -0.39 is 11.8 Å². The third-order valence-corrected chi connectivity index (χ3v) is 3.83. The van der Waals surface area contributed by atoms with Crippen molar-refractivity contribution in [2.45, 2.75) is 13.3 Å². The Hall–Kier alpha value is -3.86. The van der Waals surface area contributed by atoms with Crippen LogP contribution in [0.1, 0.15) is 18.1 Å². The molecule has 0 aliphatic heterocycles. The maximum atomic E-state index is 12.0. The van der Waals surface area contributed by atoms with Crippen molar-refractivity contribution in [3.63, 3.8) is 0 Å². The first-order chi connectivity index (χ1) is 13.5. The largest absolute Gasteiger partial charge is 0.493 e. The van der Waals surface area contributed by atoms with Crippen LogP contribution in [-0.2, 0) is 16.0 Å². The van der Waals surface area contributed by atoms with Crippen LogP contribution in [0.3, 0.4) is 0 Å². The van der Waals surface area contributed by atoms with E-state index in [1.54, 1.807) is 49.4 Å². The van der Waals surface area contributed by atoms with Crippen LogP contribution in [0.15, 0.2) is 47.6 Å². The summed E-state index contributed by atoms with van der Waals surface area (Å²) in [5, 5.41) is 15.1. The zero-order valence-corrected chi connectivity index (χ0v) is 15.8. The average molecular weight is 380 g/mol. The molecule has 2 N–H and O–H groups in total. The number of carbonyl (C=O) groups is 2. The lowest BCUT2D eigenvalue weighted by atomic mass is 10.1. The molecule has 2 amide bonds. The number of methoxy groups -OCH3 is 2. The predicted octanol–water partition coefficient (Wildman–Crippen LogP) is 2.25. The van der Waals surface area contributed by atoms with Crippen molar-refractivity contribution in [2.75, 3.05) is 19.5 Å². The maximum Gasteiger partial charge on any atom is 0.329 e. The van der Waals surface area contributed by atoms with Crippen LogP contribution in [0.5, 0.6) is 11.5 Å². The molecule has 0 atom stereocenters. The van der Waals surface area contributed by atoms with E-state index in [0.29, 0.717) is 28.5 Å². The van der Waals surface area contributed by atoms with E-state index in [0.717, 1.165) is 5.56 Å². The molecule has 0 saturated heterocycles. The van der Waals surface area contributed by atoms with Crippen LogP contribution in [-0.4, -0.2) is 31.7 Å². The van der Waals surface area contributed by atoms with Gasteiger partial charge in [0.1, 0.15) is 0 Å². The first-order valence-corrected chi connectivity index (χ1v) is 8.32. The van der Waals surface area contributed by atoms with Crippen molar-refractivity contribution in [1.29, 1.82) is 5.26 Å². The number of rotatable bonds is 6. The summed E-state index contributed by atoms with van der Waals surface area (Å²) >= 11 is 0. The summed E-state index contributed by atoms with van der Waals surface area (Å²) < 4.78 is 10.4. The summed E-state index contributed by atoms with van der Waals surface area (Å²) in [6.45, 7) is 1.69. The Morgan fingerprint density at radius 3 is 2.32 bits per heavy atom. The minimum Gasteiger partial charge on any atom is -0.493 e. The number of hydrogen-bond acceptors (Lipinski definition) is 6. The SMILES string of the molecule is COc1ccc(/C(C)=N/NC(=O)C(=O)Nc2ccc(CC#N)cc2)cc1OC. The number of ether oxygens (including phenoxy) is 2. The normalized spacial score (nSPS) is 10.6. The topological polar surface area (TPSA) is 113 Å². The molecule has 8 heteroatoms. The van der Waals surface area contributed by atoms with Crippen molar-refractivity contribution in [3.05, 3.63) is 53.6 Å². The predicted molar refractivity (Wildman–Crippen MR) is 104 cm³/mol. The molecule has 0 aromatic heterocycles. The molecule has 0 aliphatic carbocycles. The molecular formula is C20H20N4O4. The lowest BCUT2D eigenvalue weighted by molar-refractivity contribution is -0.136. The molecular weight excluding hydrogens is 360 g/mol. The van der Waals surface area contributed by atoms with Gasteiger partial charge in [-0.1, -0.05) is 12.1 Å². The molecule has 2 aromatic rings. The van der Waals surface area contributed by atoms with Gasteiger partial charge in [0.15, 0.2) is 11.5 Å². The molecule has 0 bridgehead atoms. The molecule has 28 heavy (non-hydrogen) atoms. The Morgan fingerprint density at radius 1 is 1.04 bits per heavy atom. The van der Waals surface area contributed by atoms with Gasteiger partial charge in [0, 0.05) is 11.3 Å². The minimum absolute atomic E-state index is 0.277. The fourth-order valence-corrected chi connectivity index (χ4v) is 2.30. The number of carbonyl (C=O) groups excluding carboxylic acids is 2. The molecule has 8 nitrogen and oxygen atoms in total. The van der Waals surface area contributed by atoms with Gasteiger partial charge in [-0.2, -0.15) is 10.4 Å². The monoisotopic (exact) mass is 380 g/mol. The van der Waals surface area contributed by atoms with Gasteiger partial charge >= 0.3 is 11.8 Å². The summed E-state index contributed by atoms with van der Waals surface area (Å²) in [5.74, 6) is -0.653. The highest BCUT2D eigenvalue weighted by Gasteiger charge is 2.14. The van der Waals surface area contributed by atoms with Crippen LogP contribution in [0.25, 0.3) is 0 Å². The van der Waals surface area contributed by atoms with Gasteiger partial charge < -0.3 is 14.8 Å². The molecule has 0 unspecified atom stereocenters. The number of benzene rings is 2. The zero-order chi connectivity index (χ0) is 20.5. The molecule has 2 rings (SSSR count). The number of nitrogens with one attached hydrogen (secondary N) is 2. The van der Waals surface area contributed by atoms with E-state index in [4.69, 9.17) is 14.7 Å². The quantitative estimate of drug-likeness (QED) is 0.453. The number of hydrazone groups is 1. The highest BCUT2D eigenvalue weighted by molar-refractivity contribution is 6.39. The molecule has 0 aliphatic rings. The van der Waals surface area contributed by atoms with Gasteiger partial charge in [0.2, 0.25) is 0 Å². The van der Waals surface area contributed by atoms with Gasteiger partial charge in [-0.15, -0.1) is 0 Å². The summed E-state index contributed by atoms with van der Waals surface area (Å²) in [7, 11) is 3.06. The zero-order valence-electron chi connectivity index (χ0n) is 15.8. The van der Waals surface area contributed by atoms with Crippen molar-refractivity contribution >= 4 is 23.2 Å². The Balaban J connectivity index is 1.99. The summed E-state index contributed by atoms with van der Waals surface area (Å²) in [4.78, 5) is 23.9. The van der Waals surface area contributed by atoms with Crippen LogP contribution in [0.4, 0.5) is 5.69 Å². The van der Waals surface area contributed by atoms with Gasteiger partial charge in [-0.3, -0.25) is 9.59 Å². The Labute approximate surface area is 162 Å². The molecule has 0 saturated carbocycles. The average Bonchev–Trinajstić information content (AvgIpc) is 2.72. The van der Waals surface area contributed by atoms with Gasteiger partial charge in [-0.05, 0) is 42.8 Å². The highest BCUT2D eigenvalue weighted by Crippen LogP contribution is 2.27. The van der Waals surface area contributed by atoms with Crippen molar-refractivity contribution in [1.82, 2.24) is 5.43 Å². The van der Waals surface area contributed by atoms with Gasteiger partial charge in [0.05, 0.1) is 32.4 Å². The van der Waals surface area contributed by atoms with E-state index in [-0.39, 0.29) is 6.42 Å². The van der Waals surface area contributed by atoms with Crippen LogP contribution in [0, 0.1) is 11.3 Å². The van der Waals surface area contributed by atoms with Crippen molar-refractivity contribution in [2.24, 2.45) is 5.10 Å². The number of hydrogen-bond donors (Lipinski definition) is 2. The molecule has 0 fully saturated rings. The number of amides is 2. The first kappa shape index (κ1) is 20.5. The molecule has 0 radical (unpaired) electrons. The Kier molecular flexibility index (Phi) is 7.11. The third kappa shape index (κ3) is 5.32. The van der Waals surface area contributed by atoms with Crippen LogP contribution in [0.2, 0.25) is 0 Å². The van der Waals surface area contributed by atoms with E-state index in [1.807, 2.05) is 6.07 Å². The second kappa shape index (κ2) is 9.73. The van der Waals surface area contributed by atoms with E-state index >= 15 is 0 Å². The Morgan fingerprint density at radius 2 is 1.71 bits per heavy atom. The lowest BCUT2D eigenvalue weighted by Gasteiger charge is -2.09. The van der Waals surface area contributed by atoms with E-state index in [2.05, 4.69) is 15.8 Å². The van der Waals surface area contributed by atoms with Crippen LogP contribution < -0.4 is 20.2 Å². The van der Waals surface area contributed by atoms with Crippen molar-refractivity contribution < 1.29 is 19.1 Å². The Bertz CT molecular complexity index is 930.